The van der Waals surface area contributed by atoms with Gasteiger partial charge in [0.2, 0.25) is 0 Å². The first-order valence-electron chi connectivity index (χ1n) is 9.57. The number of methoxy groups -OCH3 is 1. The Bertz CT molecular complexity index is 1220. The van der Waals surface area contributed by atoms with Crippen LogP contribution in [0.2, 0.25) is 0 Å². The van der Waals surface area contributed by atoms with E-state index in [0.717, 1.165) is 16.9 Å². The first-order valence-corrected chi connectivity index (χ1v) is 9.57. The molecule has 2 aromatic heterocycles. The summed E-state index contributed by atoms with van der Waals surface area (Å²) in [7, 11) is 3.32. The summed E-state index contributed by atoms with van der Waals surface area (Å²) in [4.78, 5) is 21.1. The molecule has 0 bridgehead atoms. The van der Waals surface area contributed by atoms with Crippen molar-refractivity contribution >= 4 is 5.91 Å². The van der Waals surface area contributed by atoms with Crippen molar-refractivity contribution in [2.45, 2.75) is 6.54 Å². The maximum atomic E-state index is 13.1. The quantitative estimate of drug-likeness (QED) is 0.518. The number of hydrogen-bond donors (Lipinski definition) is 1. The largest absolute Gasteiger partial charge is 0.497 e. The monoisotopic (exact) mass is 417 g/mol. The van der Waals surface area contributed by atoms with Crippen molar-refractivity contribution < 1.29 is 13.9 Å². The van der Waals surface area contributed by atoms with Crippen LogP contribution in [0.4, 0.5) is 4.39 Å². The number of halogens is 1. The van der Waals surface area contributed by atoms with Crippen LogP contribution in [0.1, 0.15) is 16.2 Å². The Morgan fingerprint density at radius 1 is 1.03 bits per heavy atom. The summed E-state index contributed by atoms with van der Waals surface area (Å²) in [5.41, 5.74) is 4.01. The van der Waals surface area contributed by atoms with Gasteiger partial charge in [0.1, 0.15) is 23.6 Å². The van der Waals surface area contributed by atoms with Gasteiger partial charge in [-0.2, -0.15) is 5.10 Å². The molecular formula is C23H20FN5O2. The fourth-order valence-electron chi connectivity index (χ4n) is 3.14. The molecule has 0 radical (unpaired) electrons. The number of nitrogens with zero attached hydrogens (tertiary/aromatic N) is 4. The van der Waals surface area contributed by atoms with Crippen LogP contribution in [0.25, 0.3) is 22.5 Å². The Hall–Kier alpha value is -4.07. The van der Waals surface area contributed by atoms with Gasteiger partial charge in [0.25, 0.3) is 5.91 Å². The van der Waals surface area contributed by atoms with E-state index >= 15 is 0 Å². The van der Waals surface area contributed by atoms with Gasteiger partial charge in [-0.05, 0) is 48.5 Å². The van der Waals surface area contributed by atoms with E-state index < -0.39 is 0 Å². The number of ether oxygens (including phenoxy) is 1. The highest BCUT2D eigenvalue weighted by atomic mass is 19.1. The molecule has 156 valence electrons. The van der Waals surface area contributed by atoms with Crippen LogP contribution >= 0.6 is 0 Å². The SMILES string of the molecule is COc1cccc(-c2cc(C(=O)NCc3cc(-c4ccc(F)cc4)ncn3)n(C)n2)c1. The van der Waals surface area contributed by atoms with E-state index in [0.29, 0.717) is 22.8 Å². The van der Waals surface area contributed by atoms with Crippen molar-refractivity contribution in [2.24, 2.45) is 7.05 Å². The number of nitrogens with one attached hydrogen (secondary N) is 1. The van der Waals surface area contributed by atoms with Crippen molar-refractivity contribution in [1.29, 1.82) is 0 Å². The molecule has 2 aromatic carbocycles. The van der Waals surface area contributed by atoms with Crippen molar-refractivity contribution in [3.63, 3.8) is 0 Å². The van der Waals surface area contributed by atoms with E-state index in [2.05, 4.69) is 20.4 Å². The van der Waals surface area contributed by atoms with E-state index in [4.69, 9.17) is 4.74 Å². The van der Waals surface area contributed by atoms with Gasteiger partial charge in [-0.25, -0.2) is 14.4 Å². The van der Waals surface area contributed by atoms with Gasteiger partial charge in [0, 0.05) is 18.2 Å². The van der Waals surface area contributed by atoms with E-state index in [9.17, 15) is 9.18 Å². The van der Waals surface area contributed by atoms with Crippen LogP contribution in [0.3, 0.4) is 0 Å². The highest BCUT2D eigenvalue weighted by Crippen LogP contribution is 2.23. The summed E-state index contributed by atoms with van der Waals surface area (Å²) in [6, 6.07) is 17.0. The van der Waals surface area contributed by atoms with Crippen LogP contribution in [0.15, 0.2) is 67.0 Å². The third-order valence-corrected chi connectivity index (χ3v) is 4.77. The van der Waals surface area contributed by atoms with Crippen molar-refractivity contribution in [3.05, 3.63) is 84.2 Å². The normalized spacial score (nSPS) is 10.7. The van der Waals surface area contributed by atoms with Gasteiger partial charge in [-0.3, -0.25) is 9.48 Å². The summed E-state index contributed by atoms with van der Waals surface area (Å²) in [5, 5.41) is 7.29. The zero-order valence-corrected chi connectivity index (χ0v) is 17.0. The summed E-state index contributed by atoms with van der Waals surface area (Å²) in [6.07, 6.45) is 1.42. The Kier molecular flexibility index (Phi) is 5.70. The Labute approximate surface area is 178 Å². The molecule has 0 aliphatic carbocycles. The topological polar surface area (TPSA) is 81.9 Å². The maximum Gasteiger partial charge on any atom is 0.269 e. The molecule has 1 N–H and O–H groups in total. The first kappa shape index (κ1) is 20.2. The molecule has 0 saturated carbocycles. The van der Waals surface area contributed by atoms with Crippen molar-refractivity contribution in [3.8, 4) is 28.3 Å². The second-order valence-corrected chi connectivity index (χ2v) is 6.85. The van der Waals surface area contributed by atoms with Crippen LogP contribution in [-0.4, -0.2) is 32.8 Å². The molecule has 31 heavy (non-hydrogen) atoms. The Morgan fingerprint density at radius 3 is 2.61 bits per heavy atom. The molecule has 4 rings (SSSR count). The number of carbonyl (C=O) groups is 1. The number of aryl methyl sites for hydroxylation is 1. The lowest BCUT2D eigenvalue weighted by atomic mass is 10.1. The molecule has 8 heteroatoms. The first-order chi connectivity index (χ1) is 15.0. The molecule has 4 aromatic rings. The van der Waals surface area contributed by atoms with Gasteiger partial charge in [0.05, 0.1) is 30.7 Å². The predicted molar refractivity (Wildman–Crippen MR) is 114 cm³/mol. The van der Waals surface area contributed by atoms with Gasteiger partial charge >= 0.3 is 0 Å². The highest BCUT2D eigenvalue weighted by Gasteiger charge is 2.15. The molecule has 2 heterocycles. The standard InChI is InChI=1S/C23H20FN5O2/c1-29-22(12-21(28-29)16-4-3-5-19(10-16)31-2)23(30)25-13-18-11-20(27-14-26-18)15-6-8-17(24)9-7-15/h3-12,14H,13H2,1-2H3,(H,25,30). The number of hydrogen-bond acceptors (Lipinski definition) is 5. The molecule has 0 aliphatic heterocycles. The van der Waals surface area contributed by atoms with Crippen molar-refractivity contribution in [1.82, 2.24) is 25.1 Å². The average molecular weight is 417 g/mol. The molecule has 0 spiro atoms. The highest BCUT2D eigenvalue weighted by molar-refractivity contribution is 5.93. The number of rotatable bonds is 6. The minimum Gasteiger partial charge on any atom is -0.497 e. The number of carbonyl (C=O) groups excluding carboxylic acids is 1. The van der Waals surface area contributed by atoms with E-state index in [-0.39, 0.29) is 18.3 Å². The molecule has 0 aliphatic rings. The van der Waals surface area contributed by atoms with E-state index in [1.807, 2.05) is 24.3 Å². The predicted octanol–water partition coefficient (Wildman–Crippen LogP) is 3.62. The Morgan fingerprint density at radius 2 is 1.84 bits per heavy atom. The lowest BCUT2D eigenvalue weighted by Gasteiger charge is -2.06. The fraction of sp³-hybridized carbons (Fsp3) is 0.130. The number of amides is 1. The second-order valence-electron chi connectivity index (χ2n) is 6.85. The molecule has 0 unspecified atom stereocenters. The molecule has 1 amide bonds. The smallest absolute Gasteiger partial charge is 0.269 e. The zero-order valence-electron chi connectivity index (χ0n) is 17.0. The summed E-state index contributed by atoms with van der Waals surface area (Å²) >= 11 is 0. The summed E-state index contributed by atoms with van der Waals surface area (Å²) in [5.74, 6) is 0.135. The zero-order chi connectivity index (χ0) is 21.8. The lowest BCUT2D eigenvalue weighted by molar-refractivity contribution is 0.0941. The minimum atomic E-state index is -0.310. The van der Waals surface area contributed by atoms with Gasteiger partial charge < -0.3 is 10.1 Å². The third-order valence-electron chi connectivity index (χ3n) is 4.77. The molecule has 0 saturated heterocycles. The van der Waals surface area contributed by atoms with E-state index in [1.165, 1.54) is 23.1 Å². The fourth-order valence-corrected chi connectivity index (χ4v) is 3.14. The maximum absolute atomic E-state index is 13.1. The minimum absolute atomic E-state index is 0.217. The summed E-state index contributed by atoms with van der Waals surface area (Å²) in [6.45, 7) is 0.217. The molecule has 0 fully saturated rings. The van der Waals surface area contributed by atoms with Crippen LogP contribution in [-0.2, 0) is 13.6 Å². The van der Waals surface area contributed by atoms with Gasteiger partial charge in [-0.15, -0.1) is 0 Å². The van der Waals surface area contributed by atoms with Crippen LogP contribution in [0.5, 0.6) is 5.75 Å². The number of benzene rings is 2. The Balaban J connectivity index is 1.47. The summed E-state index contributed by atoms with van der Waals surface area (Å²) < 4.78 is 19.9. The van der Waals surface area contributed by atoms with Gasteiger partial charge in [-0.1, -0.05) is 12.1 Å². The molecular weight excluding hydrogens is 397 g/mol. The molecule has 0 atom stereocenters. The van der Waals surface area contributed by atoms with Crippen molar-refractivity contribution in [2.75, 3.05) is 7.11 Å². The average Bonchev–Trinajstić information content (AvgIpc) is 3.20. The van der Waals surface area contributed by atoms with E-state index in [1.54, 1.807) is 38.4 Å². The number of aromatic nitrogens is 4. The van der Waals surface area contributed by atoms with Gasteiger partial charge in [0.15, 0.2) is 0 Å². The van der Waals surface area contributed by atoms with Crippen LogP contribution in [0, 0.1) is 5.82 Å². The third kappa shape index (κ3) is 4.58. The lowest BCUT2D eigenvalue weighted by Crippen LogP contribution is -2.25. The second kappa shape index (κ2) is 8.74. The van der Waals surface area contributed by atoms with Crippen LogP contribution < -0.4 is 10.1 Å². The molecule has 7 nitrogen and oxygen atoms in total.